The van der Waals surface area contributed by atoms with E-state index in [2.05, 4.69) is 39.0 Å². The van der Waals surface area contributed by atoms with Crippen molar-refractivity contribution in [1.29, 1.82) is 0 Å². The van der Waals surface area contributed by atoms with Crippen LogP contribution in [0.2, 0.25) is 0 Å². The topological polar surface area (TPSA) is 35.2 Å². The maximum Gasteiger partial charge on any atom is 0.124 e. The van der Waals surface area contributed by atoms with E-state index in [1.165, 1.54) is 31.2 Å². The molecule has 2 atom stereocenters. The molecular formula is C17H29NO. The van der Waals surface area contributed by atoms with Crippen molar-refractivity contribution < 1.29 is 4.74 Å². The van der Waals surface area contributed by atoms with E-state index < -0.39 is 0 Å². The van der Waals surface area contributed by atoms with Gasteiger partial charge < -0.3 is 10.5 Å². The Morgan fingerprint density at radius 3 is 2.58 bits per heavy atom. The zero-order valence-corrected chi connectivity index (χ0v) is 12.9. The quantitative estimate of drug-likeness (QED) is 0.743. The van der Waals surface area contributed by atoms with E-state index in [1.807, 2.05) is 6.92 Å². The standard InChI is InChI=1S/C17H29NO/c1-5-7-8-15(6-2)12-19-17-10-9-13(3)11-16(17)14(4)18/h9-11,14-15H,5-8,12,18H2,1-4H3/t14-,15?/m0/s1. The van der Waals surface area contributed by atoms with Crippen LogP contribution in [0.15, 0.2) is 18.2 Å². The molecule has 0 aromatic heterocycles. The Bertz CT molecular complexity index is 374. The van der Waals surface area contributed by atoms with Gasteiger partial charge in [0.2, 0.25) is 0 Å². The predicted molar refractivity (Wildman–Crippen MR) is 82.6 cm³/mol. The molecule has 1 aromatic rings. The fourth-order valence-corrected chi connectivity index (χ4v) is 2.26. The van der Waals surface area contributed by atoms with Crippen LogP contribution in [0.25, 0.3) is 0 Å². The largest absolute Gasteiger partial charge is 0.493 e. The van der Waals surface area contributed by atoms with Crippen LogP contribution in [-0.2, 0) is 0 Å². The molecule has 19 heavy (non-hydrogen) atoms. The maximum absolute atomic E-state index is 6.02. The normalized spacial score (nSPS) is 14.2. The van der Waals surface area contributed by atoms with Gasteiger partial charge in [-0.25, -0.2) is 0 Å². The van der Waals surface area contributed by atoms with Gasteiger partial charge in [-0.1, -0.05) is 50.8 Å². The molecule has 108 valence electrons. The lowest BCUT2D eigenvalue weighted by molar-refractivity contribution is 0.231. The van der Waals surface area contributed by atoms with E-state index in [-0.39, 0.29) is 6.04 Å². The van der Waals surface area contributed by atoms with Gasteiger partial charge in [0.15, 0.2) is 0 Å². The first-order valence-electron chi connectivity index (χ1n) is 7.57. The van der Waals surface area contributed by atoms with Crippen LogP contribution in [0.1, 0.15) is 63.6 Å². The molecule has 0 aliphatic heterocycles. The van der Waals surface area contributed by atoms with E-state index in [9.17, 15) is 0 Å². The Morgan fingerprint density at radius 1 is 1.26 bits per heavy atom. The summed E-state index contributed by atoms with van der Waals surface area (Å²) in [5.74, 6) is 1.61. The molecule has 2 nitrogen and oxygen atoms in total. The number of hydrogen-bond donors (Lipinski definition) is 1. The van der Waals surface area contributed by atoms with Crippen LogP contribution in [0.4, 0.5) is 0 Å². The fourth-order valence-electron chi connectivity index (χ4n) is 2.26. The smallest absolute Gasteiger partial charge is 0.124 e. The average molecular weight is 263 g/mol. The third-order valence-corrected chi connectivity index (χ3v) is 3.67. The van der Waals surface area contributed by atoms with E-state index in [1.54, 1.807) is 0 Å². The first-order chi connectivity index (χ1) is 9.08. The maximum atomic E-state index is 6.02. The van der Waals surface area contributed by atoms with Gasteiger partial charge >= 0.3 is 0 Å². The van der Waals surface area contributed by atoms with Crippen molar-refractivity contribution in [2.24, 2.45) is 11.7 Å². The molecule has 0 fully saturated rings. The van der Waals surface area contributed by atoms with Crippen LogP contribution in [0.5, 0.6) is 5.75 Å². The summed E-state index contributed by atoms with van der Waals surface area (Å²) in [6.07, 6.45) is 4.98. The summed E-state index contributed by atoms with van der Waals surface area (Å²) in [4.78, 5) is 0. The summed E-state index contributed by atoms with van der Waals surface area (Å²) >= 11 is 0. The third-order valence-electron chi connectivity index (χ3n) is 3.67. The number of unbranched alkanes of at least 4 members (excludes halogenated alkanes) is 1. The van der Waals surface area contributed by atoms with Crippen LogP contribution in [-0.4, -0.2) is 6.61 Å². The molecule has 2 N–H and O–H groups in total. The molecule has 0 radical (unpaired) electrons. The van der Waals surface area contributed by atoms with Crippen LogP contribution >= 0.6 is 0 Å². The molecule has 0 aliphatic carbocycles. The number of nitrogens with two attached hydrogens (primary N) is 1. The lowest BCUT2D eigenvalue weighted by Gasteiger charge is -2.19. The Balaban J connectivity index is 2.65. The molecule has 0 heterocycles. The number of benzene rings is 1. The van der Waals surface area contributed by atoms with Crippen LogP contribution in [0, 0.1) is 12.8 Å². The second-order valence-electron chi connectivity index (χ2n) is 5.56. The predicted octanol–water partition coefficient (Wildman–Crippen LogP) is 4.61. The summed E-state index contributed by atoms with van der Waals surface area (Å²) in [5.41, 5.74) is 8.37. The molecule has 0 spiro atoms. The second-order valence-corrected chi connectivity index (χ2v) is 5.56. The highest BCUT2D eigenvalue weighted by molar-refractivity contribution is 5.38. The van der Waals surface area contributed by atoms with Crippen molar-refractivity contribution in [3.63, 3.8) is 0 Å². The Hall–Kier alpha value is -1.02. The lowest BCUT2D eigenvalue weighted by Crippen LogP contribution is -2.14. The summed E-state index contributed by atoms with van der Waals surface area (Å²) in [6, 6.07) is 6.30. The monoisotopic (exact) mass is 263 g/mol. The highest BCUT2D eigenvalue weighted by Crippen LogP contribution is 2.26. The highest BCUT2D eigenvalue weighted by atomic mass is 16.5. The minimum Gasteiger partial charge on any atom is -0.493 e. The minimum absolute atomic E-state index is 0.0191. The molecule has 0 aliphatic rings. The van der Waals surface area contributed by atoms with Crippen molar-refractivity contribution in [1.82, 2.24) is 0 Å². The van der Waals surface area contributed by atoms with Crippen molar-refractivity contribution >= 4 is 0 Å². The molecule has 1 unspecified atom stereocenters. The highest BCUT2D eigenvalue weighted by Gasteiger charge is 2.11. The molecule has 0 bridgehead atoms. The molecular weight excluding hydrogens is 234 g/mol. The zero-order valence-electron chi connectivity index (χ0n) is 12.9. The van der Waals surface area contributed by atoms with Gasteiger partial charge in [-0.3, -0.25) is 0 Å². The van der Waals surface area contributed by atoms with Gasteiger partial charge in [-0.15, -0.1) is 0 Å². The van der Waals surface area contributed by atoms with Crippen molar-refractivity contribution in [2.45, 2.75) is 59.4 Å². The molecule has 2 heteroatoms. The molecule has 0 saturated heterocycles. The van der Waals surface area contributed by atoms with Crippen molar-refractivity contribution in [3.8, 4) is 5.75 Å². The van der Waals surface area contributed by atoms with Gasteiger partial charge in [0.25, 0.3) is 0 Å². The molecule has 0 amide bonds. The summed E-state index contributed by atoms with van der Waals surface area (Å²) in [7, 11) is 0. The SMILES string of the molecule is CCCCC(CC)COc1ccc(C)cc1[C@H](C)N. The molecule has 1 aromatic carbocycles. The van der Waals surface area contributed by atoms with Crippen LogP contribution in [0.3, 0.4) is 0 Å². The minimum atomic E-state index is 0.0191. The summed E-state index contributed by atoms with van der Waals surface area (Å²) < 4.78 is 6.02. The Labute approximate surface area is 118 Å². The van der Waals surface area contributed by atoms with Crippen molar-refractivity contribution in [2.75, 3.05) is 6.61 Å². The summed E-state index contributed by atoms with van der Waals surface area (Å²) in [6.45, 7) is 9.38. The fraction of sp³-hybridized carbons (Fsp3) is 0.647. The Kier molecular flexibility index (Phi) is 6.93. The van der Waals surface area contributed by atoms with Gasteiger partial charge in [-0.2, -0.15) is 0 Å². The first kappa shape index (κ1) is 16.0. The number of aryl methyl sites for hydroxylation is 1. The van der Waals surface area contributed by atoms with E-state index in [4.69, 9.17) is 10.5 Å². The van der Waals surface area contributed by atoms with Gasteiger partial charge in [0.05, 0.1) is 6.61 Å². The molecule has 1 rings (SSSR count). The van der Waals surface area contributed by atoms with Crippen LogP contribution < -0.4 is 10.5 Å². The Morgan fingerprint density at radius 2 is 2.00 bits per heavy atom. The first-order valence-corrected chi connectivity index (χ1v) is 7.57. The molecule has 0 saturated carbocycles. The van der Waals surface area contributed by atoms with Gasteiger partial charge in [-0.05, 0) is 32.3 Å². The van der Waals surface area contributed by atoms with E-state index >= 15 is 0 Å². The van der Waals surface area contributed by atoms with Gasteiger partial charge in [0.1, 0.15) is 5.75 Å². The van der Waals surface area contributed by atoms with E-state index in [0.29, 0.717) is 5.92 Å². The van der Waals surface area contributed by atoms with Crippen molar-refractivity contribution in [3.05, 3.63) is 29.3 Å². The second kappa shape index (κ2) is 8.21. The number of hydrogen-bond acceptors (Lipinski definition) is 2. The van der Waals surface area contributed by atoms with E-state index in [0.717, 1.165) is 17.9 Å². The number of ether oxygens (including phenoxy) is 1. The average Bonchev–Trinajstić information content (AvgIpc) is 2.40. The summed E-state index contributed by atoms with van der Waals surface area (Å²) in [5, 5.41) is 0. The van der Waals surface area contributed by atoms with Gasteiger partial charge in [0, 0.05) is 11.6 Å². The third kappa shape index (κ3) is 5.23. The zero-order chi connectivity index (χ0) is 14.3. The lowest BCUT2D eigenvalue weighted by atomic mass is 10.0. The number of rotatable bonds is 8.